The largest absolute Gasteiger partial charge is 0.464 e. The van der Waals surface area contributed by atoms with E-state index >= 15 is 0 Å². The summed E-state index contributed by atoms with van der Waals surface area (Å²) in [6.07, 6.45) is 0. The summed E-state index contributed by atoms with van der Waals surface area (Å²) in [6, 6.07) is 6.91. The summed E-state index contributed by atoms with van der Waals surface area (Å²) in [6.45, 7) is 1.71. The normalized spacial score (nSPS) is 10.3. The number of ether oxygens (including phenoxy) is 1. The van der Waals surface area contributed by atoms with Crippen LogP contribution in [0.4, 0.5) is 5.69 Å². The summed E-state index contributed by atoms with van der Waals surface area (Å²) in [4.78, 5) is 24.0. The molecule has 6 nitrogen and oxygen atoms in total. The van der Waals surface area contributed by atoms with Crippen molar-refractivity contribution in [1.82, 2.24) is 9.78 Å². The van der Waals surface area contributed by atoms with Crippen molar-refractivity contribution in [2.24, 2.45) is 7.05 Å². The highest BCUT2D eigenvalue weighted by Crippen LogP contribution is 2.21. The molecule has 1 amide bonds. The lowest BCUT2D eigenvalue weighted by atomic mass is 10.2. The maximum atomic E-state index is 12.2. The number of methoxy groups -OCH3 is 1. The molecule has 0 bridgehead atoms. The van der Waals surface area contributed by atoms with Crippen LogP contribution < -0.4 is 5.32 Å². The first-order valence-electron chi connectivity index (χ1n) is 6.13. The molecular formula is C14H14BrN3O3. The van der Waals surface area contributed by atoms with Gasteiger partial charge in [-0.3, -0.25) is 9.48 Å². The van der Waals surface area contributed by atoms with Gasteiger partial charge in [0.15, 0.2) is 5.69 Å². The number of aryl methyl sites for hydroxylation is 2. The molecule has 2 rings (SSSR count). The Morgan fingerprint density at radius 1 is 1.29 bits per heavy atom. The molecule has 21 heavy (non-hydrogen) atoms. The van der Waals surface area contributed by atoms with E-state index in [4.69, 9.17) is 4.74 Å². The van der Waals surface area contributed by atoms with Crippen LogP contribution in [0.1, 0.15) is 26.5 Å². The molecule has 110 valence electrons. The van der Waals surface area contributed by atoms with Gasteiger partial charge in [-0.25, -0.2) is 4.79 Å². The smallest absolute Gasteiger partial charge is 0.358 e. The summed E-state index contributed by atoms with van der Waals surface area (Å²) < 4.78 is 6.99. The van der Waals surface area contributed by atoms with Gasteiger partial charge in [0.25, 0.3) is 5.91 Å². The molecule has 1 N–H and O–H groups in total. The van der Waals surface area contributed by atoms with Crippen molar-refractivity contribution in [1.29, 1.82) is 0 Å². The van der Waals surface area contributed by atoms with Crippen LogP contribution in [0.3, 0.4) is 0 Å². The molecule has 0 aliphatic heterocycles. The predicted octanol–water partition coefficient (Wildman–Crippen LogP) is 2.53. The van der Waals surface area contributed by atoms with Crippen LogP contribution in [0.2, 0.25) is 0 Å². The fourth-order valence-corrected chi connectivity index (χ4v) is 2.19. The van der Waals surface area contributed by atoms with E-state index in [0.29, 0.717) is 16.9 Å². The van der Waals surface area contributed by atoms with Gasteiger partial charge in [-0.05, 0) is 31.2 Å². The van der Waals surface area contributed by atoms with Crippen LogP contribution >= 0.6 is 15.9 Å². The molecule has 0 saturated carbocycles. The average Bonchev–Trinajstić information content (AvgIpc) is 2.73. The zero-order valence-corrected chi connectivity index (χ0v) is 13.4. The fourth-order valence-electron chi connectivity index (χ4n) is 1.93. The van der Waals surface area contributed by atoms with E-state index in [1.807, 2.05) is 0 Å². The Balaban J connectivity index is 2.33. The van der Waals surface area contributed by atoms with Gasteiger partial charge in [0.1, 0.15) is 0 Å². The Morgan fingerprint density at radius 3 is 2.48 bits per heavy atom. The second-order valence-electron chi connectivity index (χ2n) is 4.39. The van der Waals surface area contributed by atoms with Gasteiger partial charge in [-0.15, -0.1) is 0 Å². The molecule has 0 aliphatic rings. The van der Waals surface area contributed by atoms with Gasteiger partial charge in [0.2, 0.25) is 0 Å². The van der Waals surface area contributed by atoms with Crippen LogP contribution in [-0.4, -0.2) is 28.8 Å². The standard InChI is InChI=1S/C14H14BrN3O3/c1-8-11(12(14(20)21-3)18(2)17-8)16-13(19)9-4-6-10(15)7-5-9/h4-7H,1-3H3,(H,16,19). The Labute approximate surface area is 130 Å². The monoisotopic (exact) mass is 351 g/mol. The molecule has 0 radical (unpaired) electrons. The van der Waals surface area contributed by atoms with E-state index < -0.39 is 5.97 Å². The van der Waals surface area contributed by atoms with Crippen molar-refractivity contribution >= 4 is 33.5 Å². The highest BCUT2D eigenvalue weighted by molar-refractivity contribution is 9.10. The summed E-state index contributed by atoms with van der Waals surface area (Å²) in [5, 5.41) is 6.85. The highest BCUT2D eigenvalue weighted by atomic mass is 79.9. The number of halogens is 1. The van der Waals surface area contributed by atoms with Gasteiger partial charge in [-0.1, -0.05) is 15.9 Å². The lowest BCUT2D eigenvalue weighted by Gasteiger charge is -2.07. The van der Waals surface area contributed by atoms with Crippen LogP contribution in [0.25, 0.3) is 0 Å². The van der Waals surface area contributed by atoms with Crippen molar-refractivity contribution in [3.8, 4) is 0 Å². The van der Waals surface area contributed by atoms with E-state index in [1.165, 1.54) is 11.8 Å². The molecule has 1 aromatic carbocycles. The van der Waals surface area contributed by atoms with Crippen LogP contribution in [-0.2, 0) is 11.8 Å². The average molecular weight is 352 g/mol. The van der Waals surface area contributed by atoms with Crippen LogP contribution in [0.5, 0.6) is 0 Å². The third kappa shape index (κ3) is 3.13. The maximum Gasteiger partial charge on any atom is 0.358 e. The Morgan fingerprint density at radius 2 is 1.90 bits per heavy atom. The first kappa shape index (κ1) is 15.2. The van der Waals surface area contributed by atoms with Crippen LogP contribution in [0.15, 0.2) is 28.7 Å². The van der Waals surface area contributed by atoms with Crippen molar-refractivity contribution < 1.29 is 14.3 Å². The number of amides is 1. The van der Waals surface area contributed by atoms with Crippen molar-refractivity contribution in [3.63, 3.8) is 0 Å². The van der Waals surface area contributed by atoms with Gasteiger partial charge in [0.05, 0.1) is 18.5 Å². The quantitative estimate of drug-likeness (QED) is 0.862. The number of esters is 1. The van der Waals surface area contributed by atoms with E-state index in [1.54, 1.807) is 38.2 Å². The molecule has 1 aromatic heterocycles. The lowest BCUT2D eigenvalue weighted by molar-refractivity contribution is 0.0589. The zero-order chi connectivity index (χ0) is 15.6. The van der Waals surface area contributed by atoms with Crippen molar-refractivity contribution in [2.45, 2.75) is 6.92 Å². The maximum absolute atomic E-state index is 12.2. The molecular weight excluding hydrogens is 338 g/mol. The van der Waals surface area contributed by atoms with Gasteiger partial charge < -0.3 is 10.1 Å². The number of nitrogens with one attached hydrogen (secondary N) is 1. The Bertz CT molecular complexity index is 692. The number of nitrogens with zero attached hydrogens (tertiary/aromatic N) is 2. The summed E-state index contributed by atoms with van der Waals surface area (Å²) in [5.74, 6) is -0.868. The minimum absolute atomic E-state index is 0.209. The highest BCUT2D eigenvalue weighted by Gasteiger charge is 2.22. The summed E-state index contributed by atoms with van der Waals surface area (Å²) >= 11 is 3.31. The molecule has 0 spiro atoms. The predicted molar refractivity (Wildman–Crippen MR) is 81.4 cm³/mol. The van der Waals surface area contributed by atoms with Gasteiger partial charge in [-0.2, -0.15) is 5.10 Å². The lowest BCUT2D eigenvalue weighted by Crippen LogP contribution is -2.16. The van der Waals surface area contributed by atoms with Crippen molar-refractivity contribution in [3.05, 3.63) is 45.7 Å². The molecule has 0 fully saturated rings. The van der Waals surface area contributed by atoms with E-state index in [9.17, 15) is 9.59 Å². The summed E-state index contributed by atoms with van der Waals surface area (Å²) in [5.41, 5.74) is 1.60. The number of carbonyl (C=O) groups excluding carboxylic acids is 2. The minimum atomic E-state index is -0.552. The van der Waals surface area contributed by atoms with Gasteiger partial charge in [0, 0.05) is 17.1 Å². The number of aromatic nitrogens is 2. The van der Waals surface area contributed by atoms with Crippen molar-refractivity contribution in [2.75, 3.05) is 12.4 Å². The zero-order valence-electron chi connectivity index (χ0n) is 11.8. The first-order chi connectivity index (χ1) is 9.93. The molecule has 0 atom stereocenters. The van der Waals surface area contributed by atoms with E-state index in [-0.39, 0.29) is 11.6 Å². The molecule has 1 heterocycles. The third-order valence-corrected chi connectivity index (χ3v) is 3.47. The molecule has 0 saturated heterocycles. The topological polar surface area (TPSA) is 73.2 Å². The minimum Gasteiger partial charge on any atom is -0.464 e. The van der Waals surface area contributed by atoms with E-state index in [0.717, 1.165) is 4.47 Å². The molecule has 0 unspecified atom stereocenters. The fraction of sp³-hybridized carbons (Fsp3) is 0.214. The van der Waals surface area contributed by atoms with Crippen LogP contribution in [0, 0.1) is 6.92 Å². The Hall–Kier alpha value is -2.15. The summed E-state index contributed by atoms with van der Waals surface area (Å²) in [7, 11) is 2.90. The molecule has 2 aromatic rings. The second kappa shape index (κ2) is 6.09. The second-order valence-corrected chi connectivity index (χ2v) is 5.30. The molecule has 7 heteroatoms. The third-order valence-electron chi connectivity index (χ3n) is 2.95. The number of rotatable bonds is 3. The number of anilines is 1. The number of carbonyl (C=O) groups is 2. The van der Waals surface area contributed by atoms with Gasteiger partial charge >= 0.3 is 5.97 Å². The Kier molecular flexibility index (Phi) is 4.42. The SMILES string of the molecule is COC(=O)c1c(NC(=O)c2ccc(Br)cc2)c(C)nn1C. The number of hydrogen-bond acceptors (Lipinski definition) is 4. The van der Waals surface area contributed by atoms with E-state index in [2.05, 4.69) is 26.3 Å². The number of hydrogen-bond donors (Lipinski definition) is 1. The number of benzene rings is 1. The molecule has 0 aliphatic carbocycles. The first-order valence-corrected chi connectivity index (χ1v) is 6.92.